The van der Waals surface area contributed by atoms with Crippen LogP contribution in [0.5, 0.6) is 0 Å². The zero-order valence-corrected chi connectivity index (χ0v) is 11.6. The van der Waals surface area contributed by atoms with Crippen molar-refractivity contribution in [2.24, 2.45) is 11.8 Å². The highest BCUT2D eigenvalue weighted by Crippen LogP contribution is 2.25. The summed E-state index contributed by atoms with van der Waals surface area (Å²) in [5, 5.41) is 0.436. The maximum atomic E-state index is 12.4. The number of carbonyl (C=O) groups excluding carboxylic acids is 1. The highest BCUT2D eigenvalue weighted by molar-refractivity contribution is 6.34. The minimum atomic E-state index is 0.0124. The van der Waals surface area contributed by atoms with Gasteiger partial charge in [-0.3, -0.25) is 4.79 Å². The molecule has 1 heterocycles. The first-order valence-electron chi connectivity index (χ1n) is 6.31. The second kappa shape index (κ2) is 5.19. The molecular formula is C14H19ClN2O. The molecule has 1 aromatic carbocycles. The van der Waals surface area contributed by atoms with E-state index in [2.05, 4.69) is 13.8 Å². The van der Waals surface area contributed by atoms with E-state index in [0.717, 1.165) is 13.1 Å². The number of halogens is 1. The molecule has 1 saturated heterocycles. The van der Waals surface area contributed by atoms with Crippen molar-refractivity contribution < 1.29 is 4.79 Å². The van der Waals surface area contributed by atoms with Gasteiger partial charge in [-0.25, -0.2) is 0 Å². The molecule has 2 rings (SSSR count). The maximum Gasteiger partial charge on any atom is 0.255 e. The maximum absolute atomic E-state index is 12.4. The van der Waals surface area contributed by atoms with Crippen LogP contribution in [0, 0.1) is 11.8 Å². The normalized spacial score (nSPS) is 24.1. The van der Waals surface area contributed by atoms with Crippen molar-refractivity contribution in [2.45, 2.75) is 20.3 Å². The summed E-state index contributed by atoms with van der Waals surface area (Å²) in [4.78, 5) is 14.3. The molecule has 18 heavy (non-hydrogen) atoms. The lowest BCUT2D eigenvalue weighted by atomic mass is 9.91. The number of nitrogens with two attached hydrogens (primary N) is 1. The van der Waals surface area contributed by atoms with Crippen LogP contribution >= 0.6 is 11.6 Å². The third kappa shape index (κ3) is 2.78. The van der Waals surface area contributed by atoms with Crippen LogP contribution in [0.2, 0.25) is 5.02 Å². The Labute approximate surface area is 113 Å². The van der Waals surface area contributed by atoms with Crippen LogP contribution in [0.25, 0.3) is 0 Å². The number of nitrogens with zero attached hydrogens (tertiary/aromatic N) is 1. The van der Waals surface area contributed by atoms with Gasteiger partial charge >= 0.3 is 0 Å². The Kier molecular flexibility index (Phi) is 3.81. The average molecular weight is 267 g/mol. The second-order valence-corrected chi connectivity index (χ2v) is 5.80. The molecule has 0 bridgehead atoms. The Morgan fingerprint density at radius 2 is 1.94 bits per heavy atom. The quantitative estimate of drug-likeness (QED) is 0.794. The van der Waals surface area contributed by atoms with E-state index >= 15 is 0 Å². The lowest BCUT2D eigenvalue weighted by Gasteiger charge is -2.35. The molecule has 4 heteroatoms. The highest BCUT2D eigenvalue weighted by Gasteiger charge is 2.27. The van der Waals surface area contributed by atoms with Gasteiger partial charge in [0.1, 0.15) is 0 Å². The van der Waals surface area contributed by atoms with Crippen molar-refractivity contribution in [1.29, 1.82) is 0 Å². The molecule has 3 nitrogen and oxygen atoms in total. The van der Waals surface area contributed by atoms with Crippen LogP contribution in [-0.4, -0.2) is 23.9 Å². The molecule has 0 aliphatic carbocycles. The number of piperidine rings is 1. The Balaban J connectivity index is 2.20. The lowest BCUT2D eigenvalue weighted by Crippen LogP contribution is -2.42. The Bertz CT molecular complexity index is 451. The number of anilines is 1. The Morgan fingerprint density at radius 1 is 1.33 bits per heavy atom. The predicted molar refractivity (Wildman–Crippen MR) is 74.7 cm³/mol. The monoisotopic (exact) mass is 266 g/mol. The van der Waals surface area contributed by atoms with E-state index in [4.69, 9.17) is 17.3 Å². The van der Waals surface area contributed by atoms with Crippen LogP contribution in [0.1, 0.15) is 30.6 Å². The van der Waals surface area contributed by atoms with Gasteiger partial charge in [0.25, 0.3) is 5.91 Å². The number of rotatable bonds is 1. The first kappa shape index (κ1) is 13.2. The number of hydrogen-bond donors (Lipinski definition) is 1. The van der Waals surface area contributed by atoms with Crippen molar-refractivity contribution in [2.75, 3.05) is 18.8 Å². The number of nitrogen functional groups attached to an aromatic ring is 1. The summed E-state index contributed by atoms with van der Waals surface area (Å²) in [5.41, 5.74) is 6.77. The molecule has 1 aliphatic heterocycles. The summed E-state index contributed by atoms with van der Waals surface area (Å²) in [6.07, 6.45) is 1.18. The summed E-state index contributed by atoms with van der Waals surface area (Å²) in [6.45, 7) is 5.98. The molecule has 0 spiro atoms. The van der Waals surface area contributed by atoms with E-state index in [0.29, 0.717) is 28.1 Å². The Hall–Kier alpha value is -1.22. The van der Waals surface area contributed by atoms with E-state index in [9.17, 15) is 4.79 Å². The summed E-state index contributed by atoms with van der Waals surface area (Å²) >= 11 is 6.09. The summed E-state index contributed by atoms with van der Waals surface area (Å²) in [6, 6.07) is 5.06. The van der Waals surface area contributed by atoms with E-state index < -0.39 is 0 Å². The van der Waals surface area contributed by atoms with Crippen LogP contribution < -0.4 is 5.73 Å². The summed E-state index contributed by atoms with van der Waals surface area (Å²) < 4.78 is 0. The number of likely N-dealkylation sites (tertiary alicyclic amines) is 1. The van der Waals surface area contributed by atoms with Crippen molar-refractivity contribution >= 4 is 23.2 Å². The van der Waals surface area contributed by atoms with Gasteiger partial charge in [-0.1, -0.05) is 25.4 Å². The highest BCUT2D eigenvalue weighted by atomic mass is 35.5. The van der Waals surface area contributed by atoms with Gasteiger partial charge < -0.3 is 10.6 Å². The standard InChI is InChI=1S/C14H19ClN2O/c1-9-5-10(2)8-17(7-9)14(18)12-4-3-11(16)6-13(12)15/h3-4,6,9-10H,5,7-8,16H2,1-2H3/t9-,10-/m0/s1. The zero-order chi connectivity index (χ0) is 13.3. The molecule has 2 atom stereocenters. The lowest BCUT2D eigenvalue weighted by molar-refractivity contribution is 0.0623. The molecule has 1 aliphatic rings. The van der Waals surface area contributed by atoms with E-state index in [1.54, 1.807) is 18.2 Å². The molecule has 0 unspecified atom stereocenters. The molecule has 1 fully saturated rings. The van der Waals surface area contributed by atoms with E-state index in [1.165, 1.54) is 6.42 Å². The van der Waals surface area contributed by atoms with Gasteiger partial charge in [-0.15, -0.1) is 0 Å². The van der Waals surface area contributed by atoms with Gasteiger partial charge in [-0.05, 0) is 36.5 Å². The van der Waals surface area contributed by atoms with Crippen molar-refractivity contribution in [3.8, 4) is 0 Å². The number of hydrogen-bond acceptors (Lipinski definition) is 2. The van der Waals surface area contributed by atoms with Crippen molar-refractivity contribution in [3.05, 3.63) is 28.8 Å². The molecule has 0 radical (unpaired) electrons. The smallest absolute Gasteiger partial charge is 0.255 e. The van der Waals surface area contributed by atoms with Crippen molar-refractivity contribution in [3.63, 3.8) is 0 Å². The van der Waals surface area contributed by atoms with Gasteiger partial charge in [0.05, 0.1) is 10.6 Å². The fourth-order valence-electron chi connectivity index (χ4n) is 2.70. The molecule has 2 N–H and O–H groups in total. The minimum Gasteiger partial charge on any atom is -0.399 e. The largest absolute Gasteiger partial charge is 0.399 e. The van der Waals surface area contributed by atoms with Gasteiger partial charge in [-0.2, -0.15) is 0 Å². The zero-order valence-electron chi connectivity index (χ0n) is 10.8. The van der Waals surface area contributed by atoms with Gasteiger partial charge in [0.2, 0.25) is 0 Å². The molecule has 1 amide bonds. The van der Waals surface area contributed by atoms with Crippen LogP contribution in [0.3, 0.4) is 0 Å². The van der Waals surface area contributed by atoms with E-state index in [-0.39, 0.29) is 5.91 Å². The fourth-order valence-corrected chi connectivity index (χ4v) is 2.97. The van der Waals surface area contributed by atoms with Crippen molar-refractivity contribution in [1.82, 2.24) is 4.90 Å². The van der Waals surface area contributed by atoms with Crippen LogP contribution in [0.15, 0.2) is 18.2 Å². The second-order valence-electron chi connectivity index (χ2n) is 5.40. The molecule has 0 saturated carbocycles. The molecular weight excluding hydrogens is 248 g/mol. The van der Waals surface area contributed by atoms with Crippen LogP contribution in [0.4, 0.5) is 5.69 Å². The number of carbonyl (C=O) groups is 1. The minimum absolute atomic E-state index is 0.0124. The topological polar surface area (TPSA) is 46.3 Å². The van der Waals surface area contributed by atoms with Gasteiger partial charge in [0, 0.05) is 18.8 Å². The third-order valence-corrected chi connectivity index (χ3v) is 3.69. The molecule has 0 aromatic heterocycles. The SMILES string of the molecule is C[C@H]1C[C@H](C)CN(C(=O)c2ccc(N)cc2Cl)C1. The Morgan fingerprint density at radius 3 is 2.50 bits per heavy atom. The number of benzene rings is 1. The fraction of sp³-hybridized carbons (Fsp3) is 0.500. The molecule has 98 valence electrons. The average Bonchev–Trinajstić information content (AvgIpc) is 2.26. The first-order chi connectivity index (χ1) is 8.47. The first-order valence-corrected chi connectivity index (χ1v) is 6.69. The molecule has 1 aromatic rings. The predicted octanol–water partition coefficient (Wildman–Crippen LogP) is 3.04. The van der Waals surface area contributed by atoms with Gasteiger partial charge in [0.15, 0.2) is 0 Å². The van der Waals surface area contributed by atoms with Crippen LogP contribution in [-0.2, 0) is 0 Å². The third-order valence-electron chi connectivity index (χ3n) is 3.38. The van der Waals surface area contributed by atoms with E-state index in [1.807, 2.05) is 4.90 Å². The summed E-state index contributed by atoms with van der Waals surface area (Å²) in [7, 11) is 0. The summed E-state index contributed by atoms with van der Waals surface area (Å²) in [5.74, 6) is 1.11. The number of amides is 1.